The number of hydrogen-bond acceptors (Lipinski definition) is 13. The highest BCUT2D eigenvalue weighted by Gasteiger charge is 2.52. The van der Waals surface area contributed by atoms with Crippen molar-refractivity contribution in [2.45, 2.75) is 133 Å². The maximum absolute atomic E-state index is 13.7. The predicted octanol–water partition coefficient (Wildman–Crippen LogP) is 3.05. The summed E-state index contributed by atoms with van der Waals surface area (Å²) in [7, 11) is 0. The van der Waals surface area contributed by atoms with Crippen LogP contribution in [0, 0.1) is 0 Å². The molecular weight excluding hydrogens is 764 g/mol. The molecule has 2 aliphatic heterocycles. The second-order valence-electron chi connectivity index (χ2n) is 15.2. The number of amides is 2. The van der Waals surface area contributed by atoms with Crippen molar-refractivity contribution in [2.75, 3.05) is 26.4 Å². The standard InChI is InChI=1S/C44H60N2O13/c1-3-5-7-18-44(19-8-6-4-2)58-34-25-32(41(53)46-26-29-11-9-13-31(23-29)40(52)45-20-21-47)24-33(39(34)59-44)56-42(54)30-16-14-28(15-17-30)12-10-22-55-43-38(51)37(50)36(49)35(27-48)57-43/h9-17,23,25,33-39,43,47-51H,3-8,18-22,24,26-27H2,1-2H3,(H,45,52)(H,46,53)/t33-,34-,35-,36+,37+,38-,39+,43+/m1/s1. The van der Waals surface area contributed by atoms with Crippen LogP contribution in [0.3, 0.4) is 0 Å². The zero-order chi connectivity index (χ0) is 42.4. The Hall–Kier alpha value is -4.03. The van der Waals surface area contributed by atoms with Crippen molar-refractivity contribution in [1.29, 1.82) is 0 Å². The lowest BCUT2D eigenvalue weighted by Gasteiger charge is -2.39. The van der Waals surface area contributed by atoms with Crippen molar-refractivity contribution < 1.29 is 63.6 Å². The van der Waals surface area contributed by atoms with E-state index in [2.05, 4.69) is 24.5 Å². The Bertz CT molecular complexity index is 1720. The molecule has 324 valence electrons. The van der Waals surface area contributed by atoms with Crippen molar-refractivity contribution in [3.63, 3.8) is 0 Å². The smallest absolute Gasteiger partial charge is 0.338 e. The van der Waals surface area contributed by atoms with Crippen molar-refractivity contribution in [1.82, 2.24) is 10.6 Å². The number of aliphatic hydroxyl groups excluding tert-OH is 5. The van der Waals surface area contributed by atoms with Gasteiger partial charge < -0.3 is 59.9 Å². The van der Waals surface area contributed by atoms with Gasteiger partial charge in [-0.1, -0.05) is 75.9 Å². The van der Waals surface area contributed by atoms with Crippen LogP contribution in [-0.2, 0) is 35.0 Å². The molecule has 0 aromatic heterocycles. The molecule has 5 rings (SSSR count). The average Bonchev–Trinajstić information content (AvgIpc) is 3.62. The maximum atomic E-state index is 13.7. The second kappa shape index (κ2) is 22.5. The Morgan fingerprint density at radius 1 is 0.864 bits per heavy atom. The van der Waals surface area contributed by atoms with Crippen molar-refractivity contribution >= 4 is 23.9 Å². The Kier molecular flexibility index (Phi) is 17.6. The van der Waals surface area contributed by atoms with Gasteiger partial charge in [0, 0.05) is 43.5 Å². The molecule has 0 radical (unpaired) electrons. The van der Waals surface area contributed by atoms with Gasteiger partial charge in [0.1, 0.15) is 42.7 Å². The average molecular weight is 825 g/mol. The molecule has 15 heteroatoms. The van der Waals surface area contributed by atoms with Crippen LogP contribution < -0.4 is 10.6 Å². The van der Waals surface area contributed by atoms with E-state index < -0.39 is 67.4 Å². The number of esters is 1. The number of aliphatic hydroxyl groups is 5. The van der Waals surface area contributed by atoms with Crippen molar-refractivity contribution in [3.05, 3.63) is 88.5 Å². The largest absolute Gasteiger partial charge is 0.456 e. The lowest BCUT2D eigenvalue weighted by molar-refractivity contribution is -0.298. The van der Waals surface area contributed by atoms with E-state index in [1.54, 1.807) is 66.8 Å². The fraction of sp³-hybridized carbons (Fsp3) is 0.568. The number of carbonyl (C=O) groups excluding carboxylic acids is 3. The third-order valence-corrected chi connectivity index (χ3v) is 10.8. The molecule has 2 amide bonds. The molecule has 2 aromatic rings. The van der Waals surface area contributed by atoms with Crippen LogP contribution in [0.2, 0.25) is 0 Å². The minimum absolute atomic E-state index is 0.0183. The minimum Gasteiger partial charge on any atom is -0.456 e. The summed E-state index contributed by atoms with van der Waals surface area (Å²) in [4.78, 5) is 39.8. The molecule has 2 heterocycles. The SMILES string of the molecule is CCCCCC1(CCCCC)O[C@@H]2[C@@H](C=C(C(=O)NCc3cccc(C(=O)NCCO)c3)C[C@H]2OC(=O)c2ccc(C=CCO[C@H]3O[C@H](CO)[C@H](O)[C@H](O)[C@H]3O)cc2)O1. The van der Waals surface area contributed by atoms with Gasteiger partial charge in [0.15, 0.2) is 12.1 Å². The summed E-state index contributed by atoms with van der Waals surface area (Å²) < 4.78 is 30.5. The Morgan fingerprint density at radius 3 is 2.27 bits per heavy atom. The first-order chi connectivity index (χ1) is 28.5. The number of unbranched alkanes of at least 4 members (excludes halogenated alkanes) is 4. The van der Waals surface area contributed by atoms with Crippen molar-refractivity contribution in [3.8, 4) is 0 Å². The van der Waals surface area contributed by atoms with Crippen LogP contribution in [0.4, 0.5) is 0 Å². The lowest BCUT2D eigenvalue weighted by atomic mass is 9.91. The van der Waals surface area contributed by atoms with E-state index >= 15 is 0 Å². The topological polar surface area (TPSA) is 223 Å². The van der Waals surface area contributed by atoms with Crippen molar-refractivity contribution in [2.24, 2.45) is 0 Å². The van der Waals surface area contributed by atoms with Crippen LogP contribution in [0.5, 0.6) is 0 Å². The second-order valence-corrected chi connectivity index (χ2v) is 15.2. The highest BCUT2D eigenvalue weighted by atomic mass is 16.8. The first-order valence-electron chi connectivity index (χ1n) is 20.7. The molecule has 2 aromatic carbocycles. The molecule has 15 nitrogen and oxygen atoms in total. The highest BCUT2D eigenvalue weighted by molar-refractivity contribution is 5.95. The summed E-state index contributed by atoms with van der Waals surface area (Å²) in [5.41, 5.74) is 2.52. The number of rotatable bonds is 21. The molecule has 7 N–H and O–H groups in total. The van der Waals surface area contributed by atoms with Gasteiger partial charge in [-0.15, -0.1) is 0 Å². The fourth-order valence-electron chi connectivity index (χ4n) is 7.47. The maximum Gasteiger partial charge on any atom is 0.338 e. The van der Waals surface area contributed by atoms with Gasteiger partial charge in [-0.25, -0.2) is 4.79 Å². The number of nitrogens with one attached hydrogen (secondary N) is 2. The molecule has 1 aliphatic carbocycles. The summed E-state index contributed by atoms with van der Waals surface area (Å²) in [6.45, 7) is 3.79. The first kappa shape index (κ1) is 46.0. The van der Waals surface area contributed by atoms with Crippen LogP contribution in [-0.4, -0.2) is 124 Å². The first-order valence-corrected chi connectivity index (χ1v) is 20.7. The van der Waals surface area contributed by atoms with E-state index in [0.29, 0.717) is 29.5 Å². The Labute approximate surface area is 345 Å². The van der Waals surface area contributed by atoms with Gasteiger partial charge in [0.05, 0.1) is 25.4 Å². The van der Waals surface area contributed by atoms with Crippen LogP contribution in [0.25, 0.3) is 6.08 Å². The van der Waals surface area contributed by atoms with Crippen LogP contribution >= 0.6 is 0 Å². The van der Waals surface area contributed by atoms with E-state index in [4.69, 9.17) is 28.8 Å². The number of ether oxygens (including phenoxy) is 5. The Morgan fingerprint density at radius 2 is 1.59 bits per heavy atom. The molecule has 59 heavy (non-hydrogen) atoms. The van der Waals surface area contributed by atoms with E-state index in [0.717, 1.165) is 44.1 Å². The number of benzene rings is 2. The molecule has 2 fully saturated rings. The molecule has 8 atom stereocenters. The quantitative estimate of drug-likeness (QED) is 0.0712. The van der Waals surface area contributed by atoms with Crippen LogP contribution in [0.1, 0.15) is 103 Å². The summed E-state index contributed by atoms with van der Waals surface area (Å²) in [5, 5.41) is 54.2. The third-order valence-electron chi connectivity index (χ3n) is 10.8. The highest BCUT2D eigenvalue weighted by Crippen LogP contribution is 2.43. The van der Waals surface area contributed by atoms with Gasteiger partial charge in [-0.2, -0.15) is 0 Å². The lowest BCUT2D eigenvalue weighted by Crippen LogP contribution is -2.59. The molecule has 0 saturated carbocycles. The summed E-state index contributed by atoms with van der Waals surface area (Å²) in [5.74, 6) is -2.15. The van der Waals surface area contributed by atoms with Gasteiger partial charge >= 0.3 is 5.97 Å². The van der Waals surface area contributed by atoms with E-state index in [9.17, 15) is 34.8 Å². The monoisotopic (exact) mass is 824 g/mol. The van der Waals surface area contributed by atoms with Gasteiger partial charge in [0.2, 0.25) is 5.91 Å². The molecule has 0 unspecified atom stereocenters. The van der Waals surface area contributed by atoms with E-state index in [1.165, 1.54) is 0 Å². The van der Waals surface area contributed by atoms with E-state index in [-0.39, 0.29) is 50.1 Å². The van der Waals surface area contributed by atoms with Crippen LogP contribution in [0.15, 0.2) is 66.3 Å². The van der Waals surface area contributed by atoms with Gasteiger partial charge in [0.25, 0.3) is 5.91 Å². The molecular formula is C44H60N2O13. The minimum atomic E-state index is -1.54. The zero-order valence-corrected chi connectivity index (χ0v) is 33.9. The molecule has 2 saturated heterocycles. The molecule has 3 aliphatic rings. The number of hydrogen-bond donors (Lipinski definition) is 7. The van der Waals surface area contributed by atoms with Gasteiger partial charge in [-0.05, 0) is 54.3 Å². The summed E-state index contributed by atoms with van der Waals surface area (Å²) in [6.07, 6.45) is 3.59. The third kappa shape index (κ3) is 12.5. The summed E-state index contributed by atoms with van der Waals surface area (Å²) in [6, 6.07) is 13.5. The zero-order valence-electron chi connectivity index (χ0n) is 33.9. The normalized spacial score (nSPS) is 26.3. The van der Waals surface area contributed by atoms with E-state index in [1.807, 2.05) is 0 Å². The Balaban J connectivity index is 1.26. The van der Waals surface area contributed by atoms with Gasteiger partial charge in [-0.3, -0.25) is 9.59 Å². The number of carbonyl (C=O) groups is 3. The number of fused-ring (bicyclic) bond motifs is 1. The fourth-order valence-corrected chi connectivity index (χ4v) is 7.47. The predicted molar refractivity (Wildman–Crippen MR) is 216 cm³/mol. The summed E-state index contributed by atoms with van der Waals surface area (Å²) >= 11 is 0. The molecule has 0 bridgehead atoms. The molecule has 0 spiro atoms.